The lowest BCUT2D eigenvalue weighted by Gasteiger charge is -2.11. The zero-order chi connectivity index (χ0) is 13.2. The minimum Gasteiger partial charge on any atom is -0.311 e. The van der Waals surface area contributed by atoms with Crippen LogP contribution in [0.4, 0.5) is 4.39 Å². The molecule has 100 valence electrons. The van der Waals surface area contributed by atoms with E-state index in [0.29, 0.717) is 18.8 Å². The summed E-state index contributed by atoms with van der Waals surface area (Å²) in [6, 6.07) is 4.50. The first-order valence-electron chi connectivity index (χ1n) is 5.85. The summed E-state index contributed by atoms with van der Waals surface area (Å²) in [7, 11) is -2.90. The Morgan fingerprint density at radius 3 is 2.83 bits per heavy atom. The third-order valence-electron chi connectivity index (χ3n) is 3.15. The van der Waals surface area contributed by atoms with Gasteiger partial charge in [-0.1, -0.05) is 17.7 Å². The van der Waals surface area contributed by atoms with Crippen LogP contribution >= 0.6 is 11.6 Å². The van der Waals surface area contributed by atoms with Gasteiger partial charge in [0, 0.05) is 13.1 Å². The second kappa shape index (κ2) is 5.55. The zero-order valence-electron chi connectivity index (χ0n) is 9.83. The number of halogens is 2. The summed E-state index contributed by atoms with van der Waals surface area (Å²) in [4.78, 5) is 0. The standard InChI is InChI=1S/C12H15ClFNO2S/c13-11-6-9(3-4-12(11)14)7-15-8-10-2-1-5-18(10,16)17/h3-4,6,10,15H,1-2,5,7-8H2. The van der Waals surface area contributed by atoms with Crippen LogP contribution in [-0.4, -0.2) is 26.0 Å². The van der Waals surface area contributed by atoms with Crippen molar-refractivity contribution in [2.24, 2.45) is 0 Å². The van der Waals surface area contributed by atoms with Crippen molar-refractivity contribution in [1.29, 1.82) is 0 Å². The molecule has 0 radical (unpaired) electrons. The molecule has 1 aliphatic heterocycles. The molecule has 1 saturated heterocycles. The van der Waals surface area contributed by atoms with Crippen molar-refractivity contribution in [2.75, 3.05) is 12.3 Å². The van der Waals surface area contributed by atoms with E-state index in [4.69, 9.17) is 11.6 Å². The Hall–Kier alpha value is -0.650. The van der Waals surface area contributed by atoms with E-state index in [0.717, 1.165) is 18.4 Å². The molecule has 1 fully saturated rings. The number of benzene rings is 1. The lowest BCUT2D eigenvalue weighted by Crippen LogP contribution is -2.30. The highest BCUT2D eigenvalue weighted by molar-refractivity contribution is 7.92. The summed E-state index contributed by atoms with van der Waals surface area (Å²) in [6.07, 6.45) is 1.47. The van der Waals surface area contributed by atoms with Gasteiger partial charge in [0.1, 0.15) is 5.82 Å². The van der Waals surface area contributed by atoms with Crippen LogP contribution in [0.3, 0.4) is 0 Å². The third kappa shape index (κ3) is 3.22. The van der Waals surface area contributed by atoms with E-state index < -0.39 is 15.7 Å². The minimum atomic E-state index is -2.90. The van der Waals surface area contributed by atoms with Gasteiger partial charge in [0.2, 0.25) is 0 Å². The van der Waals surface area contributed by atoms with Crippen molar-refractivity contribution in [3.8, 4) is 0 Å². The number of rotatable bonds is 4. The molecule has 0 bridgehead atoms. The van der Waals surface area contributed by atoms with Gasteiger partial charge in [-0.3, -0.25) is 0 Å². The quantitative estimate of drug-likeness (QED) is 0.924. The summed E-state index contributed by atoms with van der Waals surface area (Å²) < 4.78 is 36.1. The van der Waals surface area contributed by atoms with Crippen LogP contribution in [0.2, 0.25) is 5.02 Å². The van der Waals surface area contributed by atoms with Gasteiger partial charge in [-0.05, 0) is 30.5 Å². The van der Waals surface area contributed by atoms with Crippen molar-refractivity contribution >= 4 is 21.4 Å². The molecule has 1 heterocycles. The molecule has 18 heavy (non-hydrogen) atoms. The van der Waals surface area contributed by atoms with Crippen LogP contribution in [0.1, 0.15) is 18.4 Å². The number of hydrogen-bond donors (Lipinski definition) is 1. The van der Waals surface area contributed by atoms with Gasteiger partial charge in [0.05, 0.1) is 16.0 Å². The monoisotopic (exact) mass is 291 g/mol. The van der Waals surface area contributed by atoms with Gasteiger partial charge in [0.15, 0.2) is 9.84 Å². The van der Waals surface area contributed by atoms with Crippen LogP contribution in [0.5, 0.6) is 0 Å². The van der Waals surface area contributed by atoms with Crippen molar-refractivity contribution in [1.82, 2.24) is 5.32 Å². The molecule has 0 saturated carbocycles. The first-order chi connectivity index (χ1) is 8.49. The van der Waals surface area contributed by atoms with E-state index in [1.807, 2.05) is 0 Å². The van der Waals surface area contributed by atoms with Crippen molar-refractivity contribution in [3.63, 3.8) is 0 Å². The topological polar surface area (TPSA) is 46.2 Å². The lowest BCUT2D eigenvalue weighted by molar-refractivity contribution is 0.573. The Balaban J connectivity index is 1.87. The van der Waals surface area contributed by atoms with E-state index in [9.17, 15) is 12.8 Å². The van der Waals surface area contributed by atoms with Crippen LogP contribution in [0, 0.1) is 5.82 Å². The minimum absolute atomic E-state index is 0.0859. The van der Waals surface area contributed by atoms with Crippen molar-refractivity contribution < 1.29 is 12.8 Å². The third-order valence-corrected chi connectivity index (χ3v) is 5.71. The highest BCUT2D eigenvalue weighted by atomic mass is 35.5. The fraction of sp³-hybridized carbons (Fsp3) is 0.500. The van der Waals surface area contributed by atoms with E-state index in [2.05, 4.69) is 5.32 Å². The Kier molecular flexibility index (Phi) is 4.25. The molecule has 1 atom stereocenters. The highest BCUT2D eigenvalue weighted by Gasteiger charge is 2.30. The SMILES string of the molecule is O=S1(=O)CCCC1CNCc1ccc(F)c(Cl)c1. The highest BCUT2D eigenvalue weighted by Crippen LogP contribution is 2.19. The molecule has 3 nitrogen and oxygen atoms in total. The Labute approximate surface area is 111 Å². The molecule has 1 unspecified atom stereocenters. The first-order valence-corrected chi connectivity index (χ1v) is 7.94. The molecule has 1 aliphatic rings. The summed E-state index contributed by atoms with van der Waals surface area (Å²) >= 11 is 5.67. The van der Waals surface area contributed by atoms with Crippen molar-refractivity contribution in [3.05, 3.63) is 34.6 Å². The molecule has 1 N–H and O–H groups in total. The molecule has 2 rings (SSSR count). The maximum atomic E-state index is 12.9. The summed E-state index contributed by atoms with van der Waals surface area (Å²) in [5.41, 5.74) is 0.844. The normalized spacial score (nSPS) is 22.2. The average molecular weight is 292 g/mol. The molecular formula is C12H15ClFNO2S. The number of hydrogen-bond acceptors (Lipinski definition) is 3. The van der Waals surface area contributed by atoms with Crippen molar-refractivity contribution in [2.45, 2.75) is 24.6 Å². The second-order valence-electron chi connectivity index (χ2n) is 4.51. The van der Waals surface area contributed by atoms with E-state index in [1.54, 1.807) is 12.1 Å². The van der Waals surface area contributed by atoms with Gasteiger partial charge in [-0.2, -0.15) is 0 Å². The molecule has 0 aromatic heterocycles. The average Bonchev–Trinajstić information content (AvgIpc) is 2.63. The smallest absolute Gasteiger partial charge is 0.154 e. The van der Waals surface area contributed by atoms with Gasteiger partial charge >= 0.3 is 0 Å². The van der Waals surface area contributed by atoms with E-state index in [1.165, 1.54) is 6.07 Å². The van der Waals surface area contributed by atoms with Gasteiger partial charge < -0.3 is 5.32 Å². The number of nitrogens with one attached hydrogen (secondary N) is 1. The van der Waals surface area contributed by atoms with E-state index >= 15 is 0 Å². The maximum Gasteiger partial charge on any atom is 0.154 e. The van der Waals surface area contributed by atoms with Crippen LogP contribution in [-0.2, 0) is 16.4 Å². The van der Waals surface area contributed by atoms with Gasteiger partial charge in [0.25, 0.3) is 0 Å². The lowest BCUT2D eigenvalue weighted by atomic mass is 10.2. The molecule has 0 aliphatic carbocycles. The van der Waals surface area contributed by atoms with E-state index in [-0.39, 0.29) is 10.3 Å². The molecule has 0 amide bonds. The van der Waals surface area contributed by atoms with Crippen LogP contribution < -0.4 is 5.32 Å². The van der Waals surface area contributed by atoms with Gasteiger partial charge in [-0.25, -0.2) is 12.8 Å². The maximum absolute atomic E-state index is 12.9. The second-order valence-corrected chi connectivity index (χ2v) is 7.32. The predicted molar refractivity (Wildman–Crippen MR) is 69.9 cm³/mol. The molecule has 0 spiro atoms. The summed E-state index contributed by atoms with van der Waals surface area (Å²) in [5.74, 6) is -0.152. The summed E-state index contributed by atoms with van der Waals surface area (Å²) in [5, 5.41) is 2.89. The fourth-order valence-electron chi connectivity index (χ4n) is 2.11. The largest absolute Gasteiger partial charge is 0.311 e. The van der Waals surface area contributed by atoms with Crippen LogP contribution in [0.15, 0.2) is 18.2 Å². The summed E-state index contributed by atoms with van der Waals surface area (Å²) in [6.45, 7) is 0.934. The molecule has 1 aromatic rings. The Bertz CT molecular complexity index is 533. The van der Waals surface area contributed by atoms with Gasteiger partial charge in [-0.15, -0.1) is 0 Å². The predicted octanol–water partition coefficient (Wildman–Crippen LogP) is 2.15. The molecular weight excluding hydrogens is 277 g/mol. The molecule has 6 heteroatoms. The fourth-order valence-corrected chi connectivity index (χ4v) is 4.12. The zero-order valence-corrected chi connectivity index (χ0v) is 11.4. The Morgan fingerprint density at radius 2 is 2.22 bits per heavy atom. The molecule has 1 aromatic carbocycles. The first kappa shape index (κ1) is 13.8. The van der Waals surface area contributed by atoms with Crippen LogP contribution in [0.25, 0.3) is 0 Å². The Morgan fingerprint density at radius 1 is 1.44 bits per heavy atom. The number of sulfone groups is 1.